The van der Waals surface area contributed by atoms with Gasteiger partial charge in [-0.05, 0) is 263 Å². The van der Waals surface area contributed by atoms with E-state index < -0.39 is 82.9 Å². The van der Waals surface area contributed by atoms with E-state index in [0.717, 1.165) is 156 Å². The zero-order chi connectivity index (χ0) is 93.1. The van der Waals surface area contributed by atoms with Crippen LogP contribution in [0.25, 0.3) is 99.5 Å². The molecule has 0 radical (unpaired) electrons. The third kappa shape index (κ3) is 15.7. The van der Waals surface area contributed by atoms with E-state index >= 15 is 0 Å². The summed E-state index contributed by atoms with van der Waals surface area (Å²) in [4.78, 5) is 4.95. The molecular formula is C112H119BN4. The third-order valence-corrected chi connectivity index (χ3v) is 22.1. The van der Waals surface area contributed by atoms with E-state index in [9.17, 15) is 16.4 Å². The Balaban J connectivity index is 1.08. The Bertz CT molecular complexity index is 6280. The Kier molecular flexibility index (Phi) is 16.2. The van der Waals surface area contributed by atoms with Gasteiger partial charge >= 0.3 is 0 Å². The first-order chi connectivity index (χ1) is 60.0. The van der Waals surface area contributed by atoms with Crippen LogP contribution >= 0.6 is 0 Å². The molecule has 117 heavy (non-hydrogen) atoms. The van der Waals surface area contributed by atoms with Crippen molar-refractivity contribution in [1.29, 1.82) is 0 Å². The second-order valence-corrected chi connectivity index (χ2v) is 39.9. The molecule has 4 nitrogen and oxygen atoms in total. The lowest BCUT2D eigenvalue weighted by Gasteiger charge is -2.46. The molecule has 2 aromatic heterocycles. The van der Waals surface area contributed by atoms with Crippen molar-refractivity contribution in [2.24, 2.45) is 32.5 Å². The summed E-state index contributed by atoms with van der Waals surface area (Å²) in [5.74, 6) is 0. The van der Waals surface area contributed by atoms with Gasteiger partial charge in [-0.25, -0.2) is 0 Å². The van der Waals surface area contributed by atoms with Crippen LogP contribution in [0.15, 0.2) is 267 Å². The predicted molar refractivity (Wildman–Crippen MR) is 509 cm³/mol. The van der Waals surface area contributed by atoms with Crippen molar-refractivity contribution in [2.45, 2.75) is 189 Å². The van der Waals surface area contributed by atoms with E-state index in [4.69, 9.17) is 0 Å². The van der Waals surface area contributed by atoms with Crippen molar-refractivity contribution in [1.82, 2.24) is 9.13 Å². The van der Waals surface area contributed by atoms with Crippen molar-refractivity contribution >= 4 is 101 Å². The number of benzene rings is 13. The van der Waals surface area contributed by atoms with Crippen molar-refractivity contribution in [2.75, 3.05) is 9.80 Å². The Labute approximate surface area is 715 Å². The second-order valence-electron chi connectivity index (χ2n) is 39.9. The van der Waals surface area contributed by atoms with Crippen LogP contribution in [-0.2, 0) is 43.7 Å². The minimum absolute atomic E-state index is 0.509. The first-order valence-electron chi connectivity index (χ1n) is 47.8. The van der Waals surface area contributed by atoms with Crippen molar-refractivity contribution in [3.63, 3.8) is 0 Å². The Hall–Kier alpha value is -10.9. The topological polar surface area (TPSA) is 16.3 Å². The summed E-state index contributed by atoms with van der Waals surface area (Å²) in [5.41, 5.74) is 17.7. The number of rotatable bonds is 14. The van der Waals surface area contributed by atoms with E-state index in [1.165, 1.54) is 0 Å². The number of anilines is 6. The standard InChI is InChI=1S/C112H119BN4/c1-106(2,3)66-72-42-50-95-89(54-72)90-55-73(67-107(4,5)6)43-51-96(90)114(95)83-46-48-93-99(64-83)116(104-85(78-34-26-22-27-35-78)58-76(70-110(13,14)15)59-86(104)79-36-28-23-29-37-79)101-62-82(112(19,20)21)63-102-103(101)113(93)94-49-47-84(115-97-52-44-74(68-108(7,8)9)56-91(97)92-57-75(45-53-98(92)115)69-109(10,11)12)65-100(94)117(102)105-87(80-38-30-24-31-39-80)60-77(71-111(16,17)18)61-88(105)81-40-32-25-33-41-81/h22-65H,66-71H2,1-21H3/i66D2,67D2,68D2,69D2,70D2,71D2. The molecule has 5 heteroatoms. The Morgan fingerprint density at radius 1 is 0.256 bits per heavy atom. The van der Waals surface area contributed by atoms with Crippen LogP contribution in [0.3, 0.4) is 0 Å². The average molecular weight is 1540 g/mol. The number of hydrogen-bond acceptors (Lipinski definition) is 2. The van der Waals surface area contributed by atoms with Gasteiger partial charge in [0.1, 0.15) is 0 Å². The molecule has 0 aliphatic carbocycles. The highest BCUT2D eigenvalue weighted by Crippen LogP contribution is 2.56. The molecule has 2 aliphatic rings. The maximum atomic E-state index is 10.4. The van der Waals surface area contributed by atoms with E-state index in [1.54, 1.807) is 0 Å². The van der Waals surface area contributed by atoms with Gasteiger partial charge in [-0.15, -0.1) is 0 Å². The third-order valence-electron chi connectivity index (χ3n) is 22.1. The number of nitrogens with zero attached hydrogens (tertiary/aromatic N) is 4. The summed E-state index contributed by atoms with van der Waals surface area (Å²) in [5, 5.41) is 3.09. The van der Waals surface area contributed by atoms with Crippen LogP contribution < -0.4 is 26.2 Å². The highest BCUT2D eigenvalue weighted by Gasteiger charge is 2.47. The smallest absolute Gasteiger partial charge is 0.252 e. The van der Waals surface area contributed by atoms with Crippen LogP contribution in [0.4, 0.5) is 34.1 Å². The van der Waals surface area contributed by atoms with Gasteiger partial charge < -0.3 is 18.9 Å². The summed E-state index contributed by atoms with van der Waals surface area (Å²) < 4.78 is 124. The number of fused-ring (bicyclic) bond motifs is 10. The summed E-state index contributed by atoms with van der Waals surface area (Å²) in [6, 6.07) is 92.0. The van der Waals surface area contributed by atoms with Crippen LogP contribution in [0.1, 0.15) is 201 Å². The monoisotopic (exact) mass is 1540 g/mol. The van der Waals surface area contributed by atoms with E-state index in [1.807, 2.05) is 222 Å². The largest absolute Gasteiger partial charge is 0.310 e. The van der Waals surface area contributed by atoms with Gasteiger partial charge in [0.15, 0.2) is 0 Å². The molecule has 0 unspecified atom stereocenters. The molecule has 2 aliphatic heterocycles. The van der Waals surface area contributed by atoms with Gasteiger partial charge in [0.25, 0.3) is 6.71 Å². The summed E-state index contributed by atoms with van der Waals surface area (Å²) >= 11 is 0. The van der Waals surface area contributed by atoms with Crippen LogP contribution in [0.2, 0.25) is 0 Å². The summed E-state index contributed by atoms with van der Waals surface area (Å²) in [6.45, 7) is 41.0. The lowest BCUT2D eigenvalue weighted by atomic mass is 9.33. The van der Waals surface area contributed by atoms with E-state index in [2.05, 4.69) is 210 Å². The first kappa shape index (κ1) is 65.2. The van der Waals surface area contributed by atoms with Crippen molar-refractivity contribution < 1.29 is 16.4 Å². The number of hydrogen-bond donors (Lipinski definition) is 0. The molecule has 0 amide bonds. The molecule has 0 bridgehead atoms. The number of aromatic nitrogens is 2. The zero-order valence-electron chi connectivity index (χ0n) is 84.3. The molecule has 4 heterocycles. The molecule has 17 rings (SSSR count). The van der Waals surface area contributed by atoms with Gasteiger partial charge in [0.05, 0.1) is 33.4 Å². The maximum absolute atomic E-state index is 10.4. The lowest BCUT2D eigenvalue weighted by molar-refractivity contribution is 0.411. The fourth-order valence-corrected chi connectivity index (χ4v) is 17.9. The van der Waals surface area contributed by atoms with E-state index in [-0.39, 0.29) is 0 Å². The van der Waals surface area contributed by atoms with Gasteiger partial charge in [-0.2, -0.15) is 0 Å². The maximum Gasteiger partial charge on any atom is 0.252 e. The Morgan fingerprint density at radius 3 is 0.761 bits per heavy atom. The molecular weight excluding hydrogens is 1410 g/mol. The molecule has 0 saturated heterocycles. The second kappa shape index (κ2) is 29.0. The van der Waals surface area contributed by atoms with Gasteiger partial charge in [-0.1, -0.05) is 303 Å². The highest BCUT2D eigenvalue weighted by atomic mass is 15.2. The predicted octanol–water partition coefficient (Wildman–Crippen LogP) is 29.5. The van der Waals surface area contributed by atoms with E-state index in [0.29, 0.717) is 33.4 Å². The summed E-state index contributed by atoms with van der Waals surface area (Å²) in [6.07, 6.45) is -10.9. The lowest BCUT2D eigenvalue weighted by Crippen LogP contribution is -2.61. The highest BCUT2D eigenvalue weighted by molar-refractivity contribution is 7.00. The molecule has 0 N–H and O–H groups in total. The van der Waals surface area contributed by atoms with Crippen LogP contribution in [-0.4, -0.2) is 15.8 Å². The van der Waals surface area contributed by atoms with Crippen molar-refractivity contribution in [3.8, 4) is 55.9 Å². The normalized spacial score (nSPS) is 15.8. The molecule has 590 valence electrons. The van der Waals surface area contributed by atoms with Crippen LogP contribution in [0.5, 0.6) is 0 Å². The molecule has 0 atom stereocenters. The quantitative estimate of drug-likeness (QED) is 0.101. The minimum atomic E-state index is -1.88. The fourth-order valence-electron chi connectivity index (χ4n) is 17.9. The molecule has 0 saturated carbocycles. The fraction of sp³-hybridized carbons (Fsp3) is 0.304. The summed E-state index contributed by atoms with van der Waals surface area (Å²) in [7, 11) is 0. The molecule has 0 spiro atoms. The first-order valence-corrected chi connectivity index (χ1v) is 41.8. The zero-order valence-corrected chi connectivity index (χ0v) is 72.3. The minimum Gasteiger partial charge on any atom is -0.310 e. The SMILES string of the molecule is [2H]C([2H])(c1cc(-c2ccccc2)c(N2c3cc(-n4c5ccc(C([2H])([2H])C(C)(C)C)cc5c5cc(C([2H])([2H])C(C)(C)C)ccc54)ccc3B3c4ccc(-n5c6ccc(C([2H])([2H])C(C)(C)C)cc6c6cc(C([2H])([2H])C(C)(C)C)ccc65)cc4N(c4c(-c5ccccc5)cc(C([2H])([2H])C(C)(C)C)cc4-c4ccccc4)c4cc(C(C)(C)C)cc2c43)c(-c2ccccc2)c1)C(C)(C)C. The van der Waals surface area contributed by atoms with Gasteiger partial charge in [-0.3, -0.25) is 0 Å². The van der Waals surface area contributed by atoms with Crippen molar-refractivity contribution in [3.05, 3.63) is 306 Å². The van der Waals surface area contributed by atoms with Crippen LogP contribution in [0, 0.1) is 32.5 Å². The molecule has 15 aromatic rings. The van der Waals surface area contributed by atoms with Gasteiger partial charge in [0.2, 0.25) is 0 Å². The Morgan fingerprint density at radius 2 is 0.513 bits per heavy atom. The molecule has 0 fully saturated rings. The molecule has 13 aromatic carbocycles. The van der Waals surface area contributed by atoms with Gasteiger partial charge in [0, 0.05) is 94.4 Å². The average Bonchev–Trinajstić information content (AvgIpc) is 0.983.